The quantitative estimate of drug-likeness (QED) is 0.791. The molecule has 8 heteroatoms. The summed E-state index contributed by atoms with van der Waals surface area (Å²) in [5.74, 6) is 0.0423. The Kier molecular flexibility index (Phi) is 4.37. The molecule has 8 nitrogen and oxygen atoms in total. The predicted molar refractivity (Wildman–Crippen MR) is 97.0 cm³/mol. The van der Waals surface area contributed by atoms with Crippen LogP contribution in [0.5, 0.6) is 0 Å². The molecule has 0 spiro atoms. The van der Waals surface area contributed by atoms with Crippen LogP contribution in [0.2, 0.25) is 0 Å². The Bertz CT molecular complexity index is 802. The third-order valence-corrected chi connectivity index (χ3v) is 6.11. The minimum absolute atomic E-state index is 0.0423. The first kappa shape index (κ1) is 16.8. The van der Waals surface area contributed by atoms with Crippen molar-refractivity contribution in [1.82, 2.24) is 29.8 Å². The third-order valence-electron chi connectivity index (χ3n) is 6.11. The van der Waals surface area contributed by atoms with Gasteiger partial charge >= 0.3 is 0 Å². The molecule has 2 saturated heterocycles. The lowest BCUT2D eigenvalue weighted by atomic mass is 9.95. The first-order valence-electron chi connectivity index (χ1n) is 9.74. The zero-order chi connectivity index (χ0) is 18.2. The fraction of sp³-hybridized carbons (Fsp3) is 0.579. The molecule has 0 bridgehead atoms. The molecule has 2 atom stereocenters. The van der Waals surface area contributed by atoms with Gasteiger partial charge in [0.2, 0.25) is 0 Å². The largest absolute Gasteiger partial charge is 0.370 e. The number of hydrogen-bond donors (Lipinski definition) is 0. The van der Waals surface area contributed by atoms with E-state index in [1.165, 1.54) is 0 Å². The molecule has 0 N–H and O–H groups in total. The SMILES string of the molecule is O=C(c1ccccn1)N1CCC(N2CC[C@H]3OCc4cnnn4[C@H]3C2)CC1. The molecule has 0 saturated carbocycles. The Hall–Kier alpha value is -2.32. The number of fused-ring (bicyclic) bond motifs is 3. The average molecular weight is 368 g/mol. The molecule has 3 aliphatic rings. The van der Waals surface area contributed by atoms with Crippen molar-refractivity contribution in [2.24, 2.45) is 0 Å². The molecule has 5 rings (SSSR count). The minimum atomic E-state index is 0.0423. The summed E-state index contributed by atoms with van der Waals surface area (Å²) in [6.45, 7) is 4.18. The van der Waals surface area contributed by atoms with Crippen LogP contribution in [0.25, 0.3) is 0 Å². The van der Waals surface area contributed by atoms with Crippen molar-refractivity contribution in [1.29, 1.82) is 0 Å². The lowest BCUT2D eigenvalue weighted by Crippen LogP contribution is -2.54. The number of carbonyl (C=O) groups excluding carboxylic acids is 1. The van der Waals surface area contributed by atoms with Crippen LogP contribution in [0, 0.1) is 0 Å². The van der Waals surface area contributed by atoms with Gasteiger partial charge in [0.25, 0.3) is 5.91 Å². The van der Waals surface area contributed by atoms with Gasteiger partial charge in [-0.25, -0.2) is 4.68 Å². The topological polar surface area (TPSA) is 76.4 Å². The van der Waals surface area contributed by atoms with Gasteiger partial charge in [-0.05, 0) is 31.4 Å². The van der Waals surface area contributed by atoms with Gasteiger partial charge in [-0.2, -0.15) is 0 Å². The van der Waals surface area contributed by atoms with Gasteiger partial charge in [0.1, 0.15) is 5.69 Å². The van der Waals surface area contributed by atoms with E-state index < -0.39 is 0 Å². The van der Waals surface area contributed by atoms with Crippen LogP contribution in [-0.4, -0.2) is 74.0 Å². The molecule has 142 valence electrons. The van der Waals surface area contributed by atoms with Crippen molar-refractivity contribution < 1.29 is 9.53 Å². The minimum Gasteiger partial charge on any atom is -0.370 e. The van der Waals surface area contributed by atoms with Crippen molar-refractivity contribution in [3.63, 3.8) is 0 Å². The van der Waals surface area contributed by atoms with Gasteiger partial charge in [0.05, 0.1) is 30.6 Å². The van der Waals surface area contributed by atoms with Gasteiger partial charge in [0, 0.05) is 38.4 Å². The second kappa shape index (κ2) is 7.01. The Morgan fingerprint density at radius 3 is 2.85 bits per heavy atom. The van der Waals surface area contributed by atoms with Gasteiger partial charge in [-0.1, -0.05) is 11.3 Å². The third kappa shape index (κ3) is 3.12. The highest BCUT2D eigenvalue weighted by Gasteiger charge is 2.39. The summed E-state index contributed by atoms with van der Waals surface area (Å²) in [4.78, 5) is 21.3. The summed E-state index contributed by atoms with van der Waals surface area (Å²) in [5, 5.41) is 8.34. The van der Waals surface area contributed by atoms with Gasteiger partial charge in [0.15, 0.2) is 0 Å². The number of amides is 1. The van der Waals surface area contributed by atoms with Gasteiger partial charge < -0.3 is 9.64 Å². The van der Waals surface area contributed by atoms with Crippen LogP contribution in [0.15, 0.2) is 30.6 Å². The van der Waals surface area contributed by atoms with E-state index >= 15 is 0 Å². The number of hydrogen-bond acceptors (Lipinski definition) is 6. The summed E-state index contributed by atoms with van der Waals surface area (Å²) >= 11 is 0. The normalized spacial score (nSPS) is 26.4. The van der Waals surface area contributed by atoms with Gasteiger partial charge in [-0.15, -0.1) is 5.10 Å². The van der Waals surface area contributed by atoms with E-state index in [4.69, 9.17) is 4.74 Å². The van der Waals surface area contributed by atoms with Gasteiger partial charge in [-0.3, -0.25) is 14.7 Å². The second-order valence-corrected chi connectivity index (χ2v) is 7.61. The maximum Gasteiger partial charge on any atom is 0.272 e. The van der Waals surface area contributed by atoms with E-state index in [-0.39, 0.29) is 18.1 Å². The smallest absolute Gasteiger partial charge is 0.272 e. The molecule has 0 aliphatic carbocycles. The molecular weight excluding hydrogens is 344 g/mol. The number of carbonyl (C=O) groups is 1. The summed E-state index contributed by atoms with van der Waals surface area (Å²) in [7, 11) is 0. The number of rotatable bonds is 2. The first-order chi connectivity index (χ1) is 13.3. The van der Waals surface area contributed by atoms with E-state index in [1.54, 1.807) is 18.5 Å². The number of piperidine rings is 2. The fourth-order valence-corrected chi connectivity index (χ4v) is 4.62. The number of ether oxygens (including phenoxy) is 1. The first-order valence-corrected chi connectivity index (χ1v) is 9.74. The second-order valence-electron chi connectivity index (χ2n) is 7.61. The summed E-state index contributed by atoms with van der Waals surface area (Å²) < 4.78 is 8.07. The maximum atomic E-state index is 12.6. The van der Waals surface area contributed by atoms with Crippen LogP contribution in [0.3, 0.4) is 0 Å². The highest BCUT2D eigenvalue weighted by atomic mass is 16.5. The highest BCUT2D eigenvalue weighted by molar-refractivity contribution is 5.92. The van der Waals surface area contributed by atoms with E-state index in [1.807, 2.05) is 17.0 Å². The Balaban J connectivity index is 1.21. The number of nitrogens with zero attached hydrogens (tertiary/aromatic N) is 6. The molecule has 2 aromatic rings. The molecule has 3 aliphatic heterocycles. The molecular formula is C19H24N6O2. The number of pyridine rings is 1. The van der Waals surface area contributed by atoms with Crippen molar-refractivity contribution >= 4 is 5.91 Å². The van der Waals surface area contributed by atoms with Crippen LogP contribution < -0.4 is 0 Å². The zero-order valence-corrected chi connectivity index (χ0v) is 15.3. The number of aromatic nitrogens is 4. The van der Waals surface area contributed by atoms with Crippen LogP contribution in [0.4, 0.5) is 0 Å². The molecule has 2 aromatic heterocycles. The van der Waals surface area contributed by atoms with Crippen LogP contribution in [-0.2, 0) is 11.3 Å². The molecule has 0 unspecified atom stereocenters. The van der Waals surface area contributed by atoms with E-state index in [0.29, 0.717) is 18.3 Å². The van der Waals surface area contributed by atoms with Crippen molar-refractivity contribution in [2.75, 3.05) is 26.2 Å². The standard InChI is InChI=1S/C19H24N6O2/c26-19(16-3-1-2-7-20-16)23-8-4-14(5-9-23)24-10-6-18-17(12-24)25-15(13-27-18)11-21-22-25/h1-3,7,11,14,17-18H,4-6,8-10,12-13H2/t17-,18+/m0/s1. The lowest BCUT2D eigenvalue weighted by Gasteiger charge is -2.46. The zero-order valence-electron chi connectivity index (χ0n) is 15.3. The monoisotopic (exact) mass is 368 g/mol. The highest BCUT2D eigenvalue weighted by Crippen LogP contribution is 2.32. The lowest BCUT2D eigenvalue weighted by molar-refractivity contribution is -0.0757. The Labute approximate surface area is 158 Å². The molecule has 1 amide bonds. The van der Waals surface area contributed by atoms with Crippen LogP contribution in [0.1, 0.15) is 41.5 Å². The molecule has 5 heterocycles. The molecule has 0 radical (unpaired) electrons. The number of likely N-dealkylation sites (tertiary alicyclic amines) is 2. The van der Waals surface area contributed by atoms with Crippen LogP contribution >= 0.6 is 0 Å². The summed E-state index contributed by atoms with van der Waals surface area (Å²) in [6.07, 6.45) is 6.74. The van der Waals surface area contributed by atoms with Crippen molar-refractivity contribution in [3.8, 4) is 0 Å². The van der Waals surface area contributed by atoms with E-state index in [0.717, 1.165) is 51.1 Å². The van der Waals surface area contributed by atoms with Crippen molar-refractivity contribution in [3.05, 3.63) is 42.0 Å². The Morgan fingerprint density at radius 1 is 1.15 bits per heavy atom. The maximum absolute atomic E-state index is 12.6. The summed E-state index contributed by atoms with van der Waals surface area (Å²) in [5.41, 5.74) is 1.60. The predicted octanol–water partition coefficient (Wildman–Crippen LogP) is 1.12. The fourth-order valence-electron chi connectivity index (χ4n) is 4.62. The average Bonchev–Trinajstić information content (AvgIpc) is 3.23. The molecule has 27 heavy (non-hydrogen) atoms. The van der Waals surface area contributed by atoms with E-state index in [9.17, 15) is 4.79 Å². The molecule has 2 fully saturated rings. The molecule has 0 aromatic carbocycles. The summed E-state index contributed by atoms with van der Waals surface area (Å²) in [6, 6.07) is 6.24. The Morgan fingerprint density at radius 2 is 2.04 bits per heavy atom. The van der Waals surface area contributed by atoms with E-state index in [2.05, 4.69) is 24.9 Å². The van der Waals surface area contributed by atoms with Crippen molar-refractivity contribution in [2.45, 2.75) is 44.1 Å².